The monoisotopic (exact) mass is 278 g/mol. The largest absolute Gasteiger partial charge is 0.106 e. The zero-order valence-electron chi connectivity index (χ0n) is 13.3. The first-order chi connectivity index (χ1) is 10.3. The van der Waals surface area contributed by atoms with Gasteiger partial charge in [0.1, 0.15) is 0 Å². The van der Waals surface area contributed by atoms with E-state index in [0.717, 1.165) is 17.8 Å². The van der Waals surface area contributed by atoms with Crippen LogP contribution in [0, 0.1) is 35.5 Å². The van der Waals surface area contributed by atoms with E-state index in [-0.39, 0.29) is 0 Å². The van der Waals surface area contributed by atoms with Crippen molar-refractivity contribution in [2.45, 2.75) is 58.3 Å². The Kier molecular flexibility index (Phi) is 3.33. The van der Waals surface area contributed by atoms with Gasteiger partial charge in [0.25, 0.3) is 0 Å². The predicted molar refractivity (Wildman–Crippen MR) is 88.6 cm³/mol. The van der Waals surface area contributed by atoms with Crippen molar-refractivity contribution < 1.29 is 0 Å². The molecule has 0 aliphatic heterocycles. The first kappa shape index (κ1) is 13.4. The third-order valence-electron chi connectivity index (χ3n) is 6.49. The van der Waals surface area contributed by atoms with Crippen LogP contribution in [0.15, 0.2) is 34.9 Å². The molecular formula is C21H26. The molecule has 0 nitrogen and oxygen atoms in total. The second-order valence-corrected chi connectivity index (χ2v) is 7.42. The standard InChI is InChI=1S/C21H26/c1-3-4-15-6-9-19-17(15)11-12-20-18-8-5-14(2)13-16(18)7-10-21(19)20/h13,15,17,19,21H,2,5-12H2,1H3. The normalized spacial score (nSPS) is 38.0. The first-order valence-electron chi connectivity index (χ1n) is 8.81. The van der Waals surface area contributed by atoms with Gasteiger partial charge < -0.3 is 0 Å². The summed E-state index contributed by atoms with van der Waals surface area (Å²) in [5.74, 6) is 10.1. The van der Waals surface area contributed by atoms with E-state index in [9.17, 15) is 0 Å². The van der Waals surface area contributed by atoms with Crippen LogP contribution in [0.3, 0.4) is 0 Å². The third kappa shape index (κ3) is 2.13. The highest BCUT2D eigenvalue weighted by Crippen LogP contribution is 2.55. The van der Waals surface area contributed by atoms with Crippen LogP contribution in [0.5, 0.6) is 0 Å². The first-order valence-corrected chi connectivity index (χ1v) is 8.81. The van der Waals surface area contributed by atoms with Crippen molar-refractivity contribution in [2.75, 3.05) is 0 Å². The predicted octanol–water partition coefficient (Wildman–Crippen LogP) is 5.43. The Labute approximate surface area is 129 Å². The Balaban J connectivity index is 1.66. The molecule has 0 radical (unpaired) electrons. The number of hydrogen-bond donors (Lipinski definition) is 0. The fraction of sp³-hybridized carbons (Fsp3) is 0.619. The summed E-state index contributed by atoms with van der Waals surface area (Å²) in [6.45, 7) is 6.19. The highest BCUT2D eigenvalue weighted by molar-refractivity contribution is 5.47. The summed E-state index contributed by atoms with van der Waals surface area (Å²) in [5.41, 5.74) is 6.59. The Morgan fingerprint density at radius 3 is 2.76 bits per heavy atom. The number of hydrogen-bond acceptors (Lipinski definition) is 0. The van der Waals surface area contributed by atoms with Gasteiger partial charge in [-0.2, -0.15) is 0 Å². The Hall–Kier alpha value is -1.22. The quantitative estimate of drug-likeness (QED) is 0.518. The van der Waals surface area contributed by atoms with E-state index in [1.807, 2.05) is 12.5 Å². The zero-order chi connectivity index (χ0) is 14.4. The lowest BCUT2D eigenvalue weighted by Gasteiger charge is -2.43. The third-order valence-corrected chi connectivity index (χ3v) is 6.49. The molecule has 110 valence electrons. The van der Waals surface area contributed by atoms with Crippen molar-refractivity contribution in [2.24, 2.45) is 23.7 Å². The Bertz CT molecular complexity index is 589. The molecule has 0 aromatic rings. The fourth-order valence-corrected chi connectivity index (χ4v) is 5.66. The van der Waals surface area contributed by atoms with Crippen LogP contribution in [-0.4, -0.2) is 0 Å². The molecule has 0 aromatic heterocycles. The van der Waals surface area contributed by atoms with E-state index in [2.05, 4.69) is 24.5 Å². The van der Waals surface area contributed by atoms with Gasteiger partial charge >= 0.3 is 0 Å². The van der Waals surface area contributed by atoms with Gasteiger partial charge in [-0.3, -0.25) is 0 Å². The molecule has 0 spiro atoms. The molecule has 0 bridgehead atoms. The molecule has 2 fully saturated rings. The average molecular weight is 278 g/mol. The number of fused-ring (bicyclic) bond motifs is 4. The van der Waals surface area contributed by atoms with Crippen LogP contribution >= 0.6 is 0 Å². The van der Waals surface area contributed by atoms with E-state index in [4.69, 9.17) is 0 Å². The van der Waals surface area contributed by atoms with Crippen LogP contribution in [0.25, 0.3) is 0 Å². The lowest BCUT2D eigenvalue weighted by Crippen LogP contribution is -2.32. The van der Waals surface area contributed by atoms with Crippen LogP contribution < -0.4 is 0 Å². The highest BCUT2D eigenvalue weighted by Gasteiger charge is 2.45. The molecule has 21 heavy (non-hydrogen) atoms. The summed E-state index contributed by atoms with van der Waals surface area (Å²) < 4.78 is 0. The Morgan fingerprint density at radius 2 is 1.90 bits per heavy atom. The molecule has 0 saturated heterocycles. The van der Waals surface area contributed by atoms with E-state index in [1.54, 1.807) is 11.1 Å². The van der Waals surface area contributed by atoms with Crippen molar-refractivity contribution in [3.63, 3.8) is 0 Å². The minimum atomic E-state index is 0.703. The second kappa shape index (κ2) is 5.20. The molecular weight excluding hydrogens is 252 g/mol. The summed E-state index contributed by atoms with van der Waals surface area (Å²) in [4.78, 5) is 0. The van der Waals surface area contributed by atoms with E-state index in [0.29, 0.717) is 5.92 Å². The smallest absolute Gasteiger partial charge is 0.0234 e. The average Bonchev–Trinajstić information content (AvgIpc) is 2.90. The number of rotatable bonds is 0. The van der Waals surface area contributed by atoms with Crippen LogP contribution in [0.1, 0.15) is 58.3 Å². The van der Waals surface area contributed by atoms with Crippen LogP contribution in [-0.2, 0) is 0 Å². The molecule has 0 aromatic carbocycles. The van der Waals surface area contributed by atoms with Gasteiger partial charge in [-0.1, -0.05) is 29.7 Å². The molecule has 0 N–H and O–H groups in total. The molecule has 4 atom stereocenters. The molecule has 0 amide bonds. The van der Waals surface area contributed by atoms with Crippen LogP contribution in [0.4, 0.5) is 0 Å². The zero-order valence-corrected chi connectivity index (χ0v) is 13.3. The summed E-state index contributed by atoms with van der Waals surface area (Å²) in [6.07, 6.45) is 13.1. The van der Waals surface area contributed by atoms with Crippen molar-refractivity contribution in [1.29, 1.82) is 0 Å². The summed E-state index contributed by atoms with van der Waals surface area (Å²) in [6, 6.07) is 0. The van der Waals surface area contributed by atoms with E-state index >= 15 is 0 Å². The maximum Gasteiger partial charge on any atom is 0.0234 e. The maximum absolute atomic E-state index is 4.18. The minimum absolute atomic E-state index is 0.703. The molecule has 4 rings (SSSR count). The van der Waals surface area contributed by atoms with E-state index in [1.165, 1.54) is 56.9 Å². The minimum Gasteiger partial charge on any atom is -0.106 e. The van der Waals surface area contributed by atoms with E-state index < -0.39 is 0 Å². The summed E-state index contributed by atoms with van der Waals surface area (Å²) in [5, 5.41) is 0. The molecule has 0 heteroatoms. The van der Waals surface area contributed by atoms with Crippen molar-refractivity contribution in [1.82, 2.24) is 0 Å². The lowest BCUT2D eigenvalue weighted by molar-refractivity contribution is 0.204. The van der Waals surface area contributed by atoms with Gasteiger partial charge in [0.2, 0.25) is 0 Å². The van der Waals surface area contributed by atoms with Crippen molar-refractivity contribution in [3.8, 4) is 11.8 Å². The van der Waals surface area contributed by atoms with Gasteiger partial charge in [0, 0.05) is 5.92 Å². The van der Waals surface area contributed by atoms with Crippen molar-refractivity contribution in [3.05, 3.63) is 34.9 Å². The van der Waals surface area contributed by atoms with Gasteiger partial charge in [0.15, 0.2) is 0 Å². The summed E-state index contributed by atoms with van der Waals surface area (Å²) >= 11 is 0. The molecule has 0 heterocycles. The van der Waals surface area contributed by atoms with Gasteiger partial charge in [0.05, 0.1) is 0 Å². The topological polar surface area (TPSA) is 0 Å². The molecule has 4 aliphatic rings. The van der Waals surface area contributed by atoms with Gasteiger partial charge in [-0.25, -0.2) is 0 Å². The van der Waals surface area contributed by atoms with Gasteiger partial charge in [-0.05, 0) is 87.2 Å². The fourth-order valence-electron chi connectivity index (χ4n) is 5.66. The SMILES string of the molecule is C=C1C=C2CCC3C(=C2CC1)CCC1C(C#CC)CCC31. The summed E-state index contributed by atoms with van der Waals surface area (Å²) in [7, 11) is 0. The highest BCUT2D eigenvalue weighted by atomic mass is 14.5. The van der Waals surface area contributed by atoms with Crippen molar-refractivity contribution >= 4 is 0 Å². The van der Waals surface area contributed by atoms with Gasteiger partial charge in [-0.15, -0.1) is 5.92 Å². The molecule has 2 saturated carbocycles. The molecule has 4 aliphatic carbocycles. The molecule has 4 unspecified atom stereocenters. The Morgan fingerprint density at radius 1 is 1.00 bits per heavy atom. The lowest BCUT2D eigenvalue weighted by atomic mass is 9.62. The second-order valence-electron chi connectivity index (χ2n) is 7.42. The maximum atomic E-state index is 4.18. The van der Waals surface area contributed by atoms with Crippen LogP contribution in [0.2, 0.25) is 0 Å². The number of allylic oxidation sites excluding steroid dienone is 5.